The first-order valence-corrected chi connectivity index (χ1v) is 7.51. The van der Waals surface area contributed by atoms with Crippen LogP contribution in [-0.4, -0.2) is 34.7 Å². The number of aryl methyl sites for hydroxylation is 1. The largest absolute Gasteiger partial charge is 0.441 e. The average Bonchev–Trinajstić information content (AvgIpc) is 3.00. The SMILES string of the molecule is CCCN(CCO)Cc1nc(-c2ccsc2)oc1C. The molecular weight excluding hydrogens is 260 g/mol. The lowest BCUT2D eigenvalue weighted by atomic mass is 10.3. The van der Waals surface area contributed by atoms with Crippen LogP contribution in [0.5, 0.6) is 0 Å². The van der Waals surface area contributed by atoms with E-state index in [1.54, 1.807) is 11.3 Å². The molecule has 0 bridgehead atoms. The molecule has 2 rings (SSSR count). The number of oxazole rings is 1. The lowest BCUT2D eigenvalue weighted by Gasteiger charge is -2.19. The van der Waals surface area contributed by atoms with Crippen molar-refractivity contribution >= 4 is 11.3 Å². The summed E-state index contributed by atoms with van der Waals surface area (Å²) in [6.45, 7) is 6.62. The molecule has 0 unspecified atom stereocenters. The first-order chi connectivity index (χ1) is 9.24. The third-order valence-corrected chi connectivity index (χ3v) is 3.67. The monoisotopic (exact) mass is 280 g/mol. The second kappa shape index (κ2) is 6.84. The average molecular weight is 280 g/mol. The van der Waals surface area contributed by atoms with Gasteiger partial charge in [-0.1, -0.05) is 6.92 Å². The van der Waals surface area contributed by atoms with Crippen LogP contribution in [0.4, 0.5) is 0 Å². The molecule has 0 fully saturated rings. The lowest BCUT2D eigenvalue weighted by molar-refractivity contribution is 0.188. The number of rotatable bonds is 7. The molecule has 2 heterocycles. The van der Waals surface area contributed by atoms with Crippen molar-refractivity contribution in [3.63, 3.8) is 0 Å². The second-order valence-corrected chi connectivity index (χ2v) is 5.31. The first-order valence-electron chi connectivity index (χ1n) is 6.56. The minimum atomic E-state index is 0.175. The first kappa shape index (κ1) is 14.2. The molecule has 2 aromatic heterocycles. The summed E-state index contributed by atoms with van der Waals surface area (Å²) in [4.78, 5) is 6.77. The number of hydrogen-bond donors (Lipinski definition) is 1. The van der Waals surface area contributed by atoms with E-state index in [4.69, 9.17) is 9.52 Å². The molecule has 1 N–H and O–H groups in total. The minimum Gasteiger partial charge on any atom is -0.441 e. The van der Waals surface area contributed by atoms with Gasteiger partial charge in [0.2, 0.25) is 5.89 Å². The Hall–Kier alpha value is -1.17. The van der Waals surface area contributed by atoms with E-state index in [1.165, 1.54) is 0 Å². The molecule has 5 heteroatoms. The third kappa shape index (κ3) is 3.65. The van der Waals surface area contributed by atoms with Crippen LogP contribution in [0.1, 0.15) is 24.8 Å². The fourth-order valence-corrected chi connectivity index (χ4v) is 2.65. The minimum absolute atomic E-state index is 0.175. The van der Waals surface area contributed by atoms with E-state index in [0.29, 0.717) is 12.4 Å². The zero-order valence-corrected chi connectivity index (χ0v) is 12.2. The maximum atomic E-state index is 9.08. The van der Waals surface area contributed by atoms with Crippen molar-refractivity contribution in [3.8, 4) is 11.5 Å². The standard InChI is InChI=1S/C14H20N2O2S/c1-3-5-16(6-7-17)9-13-11(2)18-14(15-13)12-4-8-19-10-12/h4,8,10,17H,3,5-7,9H2,1-2H3. The van der Waals surface area contributed by atoms with Crippen molar-refractivity contribution in [1.29, 1.82) is 0 Å². The molecule has 2 aromatic rings. The second-order valence-electron chi connectivity index (χ2n) is 4.53. The van der Waals surface area contributed by atoms with Gasteiger partial charge in [0.1, 0.15) is 5.76 Å². The summed E-state index contributed by atoms with van der Waals surface area (Å²) >= 11 is 1.64. The Morgan fingerprint density at radius 3 is 2.89 bits per heavy atom. The highest BCUT2D eigenvalue weighted by atomic mass is 32.1. The van der Waals surface area contributed by atoms with Crippen LogP contribution in [0, 0.1) is 6.92 Å². The van der Waals surface area contributed by atoms with Crippen LogP contribution in [0.3, 0.4) is 0 Å². The van der Waals surface area contributed by atoms with Crippen molar-refractivity contribution in [3.05, 3.63) is 28.3 Å². The topological polar surface area (TPSA) is 49.5 Å². The van der Waals surface area contributed by atoms with E-state index in [2.05, 4.69) is 16.8 Å². The van der Waals surface area contributed by atoms with Crippen LogP contribution < -0.4 is 0 Å². The Labute approximate surface area is 117 Å². The summed E-state index contributed by atoms with van der Waals surface area (Å²) in [5.41, 5.74) is 1.99. The number of nitrogens with zero attached hydrogens (tertiary/aromatic N) is 2. The molecule has 0 atom stereocenters. The highest BCUT2D eigenvalue weighted by Gasteiger charge is 2.14. The molecule has 0 aromatic carbocycles. The number of thiophene rings is 1. The zero-order valence-electron chi connectivity index (χ0n) is 11.4. The third-order valence-electron chi connectivity index (χ3n) is 2.99. The lowest BCUT2D eigenvalue weighted by Crippen LogP contribution is -2.27. The number of aromatic nitrogens is 1. The van der Waals surface area contributed by atoms with E-state index in [1.807, 2.05) is 23.8 Å². The van der Waals surface area contributed by atoms with Crippen LogP contribution in [0.15, 0.2) is 21.2 Å². The van der Waals surface area contributed by atoms with Gasteiger partial charge in [0.15, 0.2) is 0 Å². The van der Waals surface area contributed by atoms with E-state index >= 15 is 0 Å². The molecule has 0 radical (unpaired) electrons. The Morgan fingerprint density at radius 2 is 2.26 bits per heavy atom. The highest BCUT2D eigenvalue weighted by molar-refractivity contribution is 7.08. The van der Waals surface area contributed by atoms with Gasteiger partial charge in [0.05, 0.1) is 12.3 Å². The van der Waals surface area contributed by atoms with Gasteiger partial charge in [-0.05, 0) is 31.3 Å². The van der Waals surface area contributed by atoms with Gasteiger partial charge in [-0.15, -0.1) is 0 Å². The Kier molecular flexibility index (Phi) is 5.13. The van der Waals surface area contributed by atoms with Crippen molar-refractivity contribution in [2.45, 2.75) is 26.8 Å². The maximum absolute atomic E-state index is 9.08. The highest BCUT2D eigenvalue weighted by Crippen LogP contribution is 2.24. The van der Waals surface area contributed by atoms with E-state index in [9.17, 15) is 0 Å². The Balaban J connectivity index is 2.11. The number of aliphatic hydroxyl groups excluding tert-OH is 1. The molecule has 0 aliphatic carbocycles. The Bertz CT molecular complexity index is 488. The molecule has 0 saturated heterocycles. The fourth-order valence-electron chi connectivity index (χ4n) is 2.02. The predicted octanol–water partition coefficient (Wildman–Crippen LogP) is 2.92. The molecule has 19 heavy (non-hydrogen) atoms. The fraction of sp³-hybridized carbons (Fsp3) is 0.500. The van der Waals surface area contributed by atoms with E-state index < -0.39 is 0 Å². The molecule has 0 aliphatic heterocycles. The quantitative estimate of drug-likeness (QED) is 0.847. The number of aliphatic hydroxyl groups is 1. The summed E-state index contributed by atoms with van der Waals surface area (Å²) in [5, 5.41) is 13.1. The van der Waals surface area contributed by atoms with Crippen LogP contribution in [0.2, 0.25) is 0 Å². The molecular formula is C14H20N2O2S. The van der Waals surface area contributed by atoms with E-state index in [0.717, 1.165) is 36.5 Å². The molecule has 104 valence electrons. The van der Waals surface area contributed by atoms with Crippen molar-refractivity contribution in [1.82, 2.24) is 9.88 Å². The van der Waals surface area contributed by atoms with Gasteiger partial charge < -0.3 is 9.52 Å². The maximum Gasteiger partial charge on any atom is 0.227 e. The molecule has 4 nitrogen and oxygen atoms in total. The van der Waals surface area contributed by atoms with Gasteiger partial charge in [-0.3, -0.25) is 4.90 Å². The predicted molar refractivity (Wildman–Crippen MR) is 77.2 cm³/mol. The normalized spacial score (nSPS) is 11.4. The van der Waals surface area contributed by atoms with Crippen LogP contribution >= 0.6 is 11.3 Å². The van der Waals surface area contributed by atoms with Gasteiger partial charge in [-0.25, -0.2) is 4.98 Å². The smallest absolute Gasteiger partial charge is 0.227 e. The van der Waals surface area contributed by atoms with Crippen molar-refractivity contribution in [2.75, 3.05) is 19.7 Å². The zero-order chi connectivity index (χ0) is 13.7. The summed E-state index contributed by atoms with van der Waals surface area (Å²) in [5.74, 6) is 1.55. The summed E-state index contributed by atoms with van der Waals surface area (Å²) in [7, 11) is 0. The van der Waals surface area contributed by atoms with E-state index in [-0.39, 0.29) is 6.61 Å². The van der Waals surface area contributed by atoms with Crippen molar-refractivity contribution in [2.24, 2.45) is 0 Å². The summed E-state index contributed by atoms with van der Waals surface area (Å²) in [6.07, 6.45) is 1.06. The molecule has 0 spiro atoms. The molecule has 0 saturated carbocycles. The van der Waals surface area contributed by atoms with Gasteiger partial charge in [-0.2, -0.15) is 11.3 Å². The summed E-state index contributed by atoms with van der Waals surface area (Å²) in [6, 6.07) is 2.01. The summed E-state index contributed by atoms with van der Waals surface area (Å²) < 4.78 is 5.72. The Morgan fingerprint density at radius 1 is 1.42 bits per heavy atom. The van der Waals surface area contributed by atoms with Crippen LogP contribution in [0.25, 0.3) is 11.5 Å². The number of hydrogen-bond acceptors (Lipinski definition) is 5. The molecule has 0 aliphatic rings. The van der Waals surface area contributed by atoms with Gasteiger partial charge in [0, 0.05) is 24.0 Å². The molecule has 0 amide bonds. The van der Waals surface area contributed by atoms with Crippen LogP contribution in [-0.2, 0) is 6.54 Å². The van der Waals surface area contributed by atoms with Crippen molar-refractivity contribution < 1.29 is 9.52 Å². The van der Waals surface area contributed by atoms with Gasteiger partial charge >= 0.3 is 0 Å². The van der Waals surface area contributed by atoms with Gasteiger partial charge in [0.25, 0.3) is 0 Å².